The summed E-state index contributed by atoms with van der Waals surface area (Å²) in [4.78, 5) is 17.8. The number of carbonyl (C=O) groups is 1. The van der Waals surface area contributed by atoms with E-state index in [4.69, 9.17) is 0 Å². The van der Waals surface area contributed by atoms with Crippen molar-refractivity contribution in [1.29, 1.82) is 0 Å². The molecular weight excluding hydrogens is 270 g/mol. The Bertz CT molecular complexity index is 355. The molecule has 0 aromatic carbocycles. The molecule has 0 atom stereocenters. The van der Waals surface area contributed by atoms with Crippen molar-refractivity contribution in [3.05, 3.63) is 28.5 Å². The summed E-state index contributed by atoms with van der Waals surface area (Å²) in [7, 11) is 4.03. The molecular formula is C11H16BrN3O. The van der Waals surface area contributed by atoms with E-state index in [1.54, 1.807) is 18.3 Å². The maximum absolute atomic E-state index is 11.7. The summed E-state index contributed by atoms with van der Waals surface area (Å²) in [5.74, 6) is -0.0845. The zero-order valence-corrected chi connectivity index (χ0v) is 11.1. The summed E-state index contributed by atoms with van der Waals surface area (Å²) in [6, 6.07) is 3.50. The third kappa shape index (κ3) is 4.28. The molecule has 1 rings (SSSR count). The molecule has 1 N–H and O–H groups in total. The van der Waals surface area contributed by atoms with Crippen LogP contribution >= 0.6 is 15.9 Å². The van der Waals surface area contributed by atoms with Crippen LogP contribution in [-0.4, -0.2) is 43.0 Å². The van der Waals surface area contributed by atoms with Crippen LogP contribution in [0.25, 0.3) is 0 Å². The van der Waals surface area contributed by atoms with Gasteiger partial charge in [-0.1, -0.05) is 0 Å². The van der Waals surface area contributed by atoms with Gasteiger partial charge in [-0.05, 0) is 55.1 Å². The predicted molar refractivity (Wildman–Crippen MR) is 67.4 cm³/mol. The Hall–Kier alpha value is -0.940. The zero-order valence-electron chi connectivity index (χ0n) is 9.53. The molecule has 0 fully saturated rings. The minimum absolute atomic E-state index is 0.0845. The van der Waals surface area contributed by atoms with Crippen LogP contribution in [0.4, 0.5) is 0 Å². The third-order valence-electron chi connectivity index (χ3n) is 2.07. The van der Waals surface area contributed by atoms with Crippen LogP contribution in [0, 0.1) is 0 Å². The van der Waals surface area contributed by atoms with Gasteiger partial charge in [0.05, 0.1) is 5.56 Å². The van der Waals surface area contributed by atoms with Gasteiger partial charge in [-0.3, -0.25) is 4.79 Å². The van der Waals surface area contributed by atoms with Gasteiger partial charge in [-0.15, -0.1) is 0 Å². The second-order valence-electron chi connectivity index (χ2n) is 3.75. The lowest BCUT2D eigenvalue weighted by atomic mass is 10.2. The summed E-state index contributed by atoms with van der Waals surface area (Å²) >= 11 is 3.25. The molecule has 0 radical (unpaired) electrons. The number of aromatic nitrogens is 1. The molecule has 1 heterocycles. The first-order chi connectivity index (χ1) is 7.61. The summed E-state index contributed by atoms with van der Waals surface area (Å²) in [6.07, 6.45) is 2.59. The first-order valence-corrected chi connectivity index (χ1v) is 5.94. The number of nitrogens with one attached hydrogen (secondary N) is 1. The number of carbonyl (C=O) groups excluding carboxylic acids is 1. The minimum atomic E-state index is -0.0845. The molecule has 0 unspecified atom stereocenters. The Balaban J connectivity index is 2.39. The first-order valence-electron chi connectivity index (χ1n) is 5.14. The highest BCUT2D eigenvalue weighted by Gasteiger charge is 2.08. The molecule has 1 aromatic heterocycles. The summed E-state index contributed by atoms with van der Waals surface area (Å²) in [5, 5.41) is 2.86. The highest BCUT2D eigenvalue weighted by Crippen LogP contribution is 2.11. The molecule has 0 saturated heterocycles. The van der Waals surface area contributed by atoms with Gasteiger partial charge in [0.25, 0.3) is 5.91 Å². The average Bonchev–Trinajstić information content (AvgIpc) is 2.24. The van der Waals surface area contributed by atoms with E-state index >= 15 is 0 Å². The molecule has 88 valence electrons. The average molecular weight is 286 g/mol. The van der Waals surface area contributed by atoms with E-state index in [0.29, 0.717) is 16.7 Å². The van der Waals surface area contributed by atoms with Crippen molar-refractivity contribution < 1.29 is 4.79 Å². The third-order valence-corrected chi connectivity index (χ3v) is 2.70. The number of amides is 1. The van der Waals surface area contributed by atoms with Crippen LogP contribution in [0.1, 0.15) is 16.8 Å². The van der Waals surface area contributed by atoms with E-state index in [9.17, 15) is 4.79 Å². The quantitative estimate of drug-likeness (QED) is 0.659. The van der Waals surface area contributed by atoms with Crippen LogP contribution in [0.3, 0.4) is 0 Å². The van der Waals surface area contributed by atoms with Gasteiger partial charge < -0.3 is 10.2 Å². The highest BCUT2D eigenvalue weighted by atomic mass is 79.9. The SMILES string of the molecule is CN(C)CCCNC(=O)c1cccnc1Br. The smallest absolute Gasteiger partial charge is 0.254 e. The molecule has 0 saturated carbocycles. The molecule has 0 aliphatic heterocycles. The standard InChI is InChI=1S/C11H16BrN3O/c1-15(2)8-4-7-14-11(16)9-5-3-6-13-10(9)12/h3,5-6H,4,7-8H2,1-2H3,(H,14,16). The van der Waals surface area contributed by atoms with Crippen LogP contribution < -0.4 is 5.32 Å². The Morgan fingerprint density at radius 3 is 2.94 bits per heavy atom. The molecule has 0 bridgehead atoms. The molecule has 0 spiro atoms. The fourth-order valence-corrected chi connectivity index (χ4v) is 1.68. The zero-order chi connectivity index (χ0) is 12.0. The van der Waals surface area contributed by atoms with E-state index in [2.05, 4.69) is 31.1 Å². The monoisotopic (exact) mass is 285 g/mol. The van der Waals surface area contributed by atoms with Gasteiger partial charge in [0.1, 0.15) is 4.60 Å². The van der Waals surface area contributed by atoms with Gasteiger partial charge >= 0.3 is 0 Å². The Labute approximate surface area is 104 Å². The first kappa shape index (κ1) is 13.1. The van der Waals surface area contributed by atoms with Crippen LogP contribution in [0.2, 0.25) is 0 Å². The fourth-order valence-electron chi connectivity index (χ4n) is 1.25. The molecule has 5 heteroatoms. The maximum Gasteiger partial charge on any atom is 0.254 e. The Morgan fingerprint density at radius 1 is 1.56 bits per heavy atom. The van der Waals surface area contributed by atoms with Crippen molar-refractivity contribution in [3.8, 4) is 0 Å². The second kappa shape index (κ2) is 6.60. The van der Waals surface area contributed by atoms with Crippen molar-refractivity contribution in [2.45, 2.75) is 6.42 Å². The predicted octanol–water partition coefficient (Wildman–Crippen LogP) is 1.53. The van der Waals surface area contributed by atoms with E-state index in [-0.39, 0.29) is 5.91 Å². The van der Waals surface area contributed by atoms with Crippen LogP contribution in [-0.2, 0) is 0 Å². The lowest BCUT2D eigenvalue weighted by Gasteiger charge is -2.10. The lowest BCUT2D eigenvalue weighted by molar-refractivity contribution is 0.0951. The number of hydrogen-bond acceptors (Lipinski definition) is 3. The highest BCUT2D eigenvalue weighted by molar-refractivity contribution is 9.10. The van der Waals surface area contributed by atoms with Crippen molar-refractivity contribution in [1.82, 2.24) is 15.2 Å². The van der Waals surface area contributed by atoms with E-state index in [0.717, 1.165) is 13.0 Å². The molecule has 0 aliphatic carbocycles. The maximum atomic E-state index is 11.7. The summed E-state index contributed by atoms with van der Waals surface area (Å²) in [6.45, 7) is 1.65. The van der Waals surface area contributed by atoms with E-state index < -0.39 is 0 Å². The molecule has 16 heavy (non-hydrogen) atoms. The van der Waals surface area contributed by atoms with Crippen molar-refractivity contribution >= 4 is 21.8 Å². The lowest BCUT2D eigenvalue weighted by Crippen LogP contribution is -2.27. The topological polar surface area (TPSA) is 45.2 Å². The van der Waals surface area contributed by atoms with Crippen molar-refractivity contribution in [3.63, 3.8) is 0 Å². The van der Waals surface area contributed by atoms with Crippen LogP contribution in [0.15, 0.2) is 22.9 Å². The second-order valence-corrected chi connectivity index (χ2v) is 4.51. The minimum Gasteiger partial charge on any atom is -0.352 e. The molecule has 1 amide bonds. The number of hydrogen-bond donors (Lipinski definition) is 1. The number of rotatable bonds is 5. The van der Waals surface area contributed by atoms with E-state index in [1.807, 2.05) is 14.1 Å². The van der Waals surface area contributed by atoms with Gasteiger partial charge in [0.15, 0.2) is 0 Å². The summed E-state index contributed by atoms with van der Waals surface area (Å²) in [5.41, 5.74) is 0.576. The molecule has 0 aliphatic rings. The molecule has 1 aromatic rings. The van der Waals surface area contributed by atoms with E-state index in [1.165, 1.54) is 0 Å². The van der Waals surface area contributed by atoms with Gasteiger partial charge in [0.2, 0.25) is 0 Å². The fraction of sp³-hybridized carbons (Fsp3) is 0.455. The largest absolute Gasteiger partial charge is 0.352 e. The number of halogens is 1. The van der Waals surface area contributed by atoms with Gasteiger partial charge in [-0.25, -0.2) is 4.98 Å². The van der Waals surface area contributed by atoms with Gasteiger partial charge in [-0.2, -0.15) is 0 Å². The Kier molecular flexibility index (Phi) is 5.42. The van der Waals surface area contributed by atoms with Gasteiger partial charge in [0, 0.05) is 12.7 Å². The van der Waals surface area contributed by atoms with Crippen LogP contribution in [0.5, 0.6) is 0 Å². The summed E-state index contributed by atoms with van der Waals surface area (Å²) < 4.78 is 0.583. The normalized spacial score (nSPS) is 10.5. The molecule has 4 nitrogen and oxygen atoms in total. The number of nitrogens with zero attached hydrogens (tertiary/aromatic N) is 2. The van der Waals surface area contributed by atoms with Crippen molar-refractivity contribution in [2.75, 3.05) is 27.2 Å². The van der Waals surface area contributed by atoms with Crippen molar-refractivity contribution in [2.24, 2.45) is 0 Å². The Morgan fingerprint density at radius 2 is 2.31 bits per heavy atom. The number of pyridine rings is 1.